The summed E-state index contributed by atoms with van der Waals surface area (Å²) in [5, 5.41) is 11.6. The number of fused-ring (bicyclic) bond motifs is 1. The molecule has 3 heterocycles. The number of anilines is 1. The van der Waals surface area contributed by atoms with Gasteiger partial charge in [0.2, 0.25) is 27.8 Å². The number of aromatic nitrogens is 6. The highest BCUT2D eigenvalue weighted by Crippen LogP contribution is 2.46. The molecule has 1 aliphatic rings. The molecule has 0 atom stereocenters. The molecular formula is C19H16F2N8O4S2. The number of hydrogen-bond acceptors (Lipinski definition) is 10. The van der Waals surface area contributed by atoms with E-state index in [9.17, 15) is 22.0 Å². The molecule has 0 spiro atoms. The molecule has 35 heavy (non-hydrogen) atoms. The van der Waals surface area contributed by atoms with Crippen molar-refractivity contribution in [2.75, 3.05) is 11.4 Å². The van der Waals surface area contributed by atoms with Crippen LogP contribution in [0.5, 0.6) is 5.88 Å². The Morgan fingerprint density at radius 2 is 2.03 bits per heavy atom. The number of methoxy groups -OCH3 is 1. The zero-order valence-corrected chi connectivity index (χ0v) is 19.5. The van der Waals surface area contributed by atoms with E-state index >= 15 is 0 Å². The second kappa shape index (κ2) is 8.46. The Morgan fingerprint density at radius 1 is 1.26 bits per heavy atom. The molecule has 0 unspecified atom stereocenters. The van der Waals surface area contributed by atoms with Gasteiger partial charge in [0.25, 0.3) is 6.43 Å². The van der Waals surface area contributed by atoms with Gasteiger partial charge in [-0.2, -0.15) is 5.10 Å². The summed E-state index contributed by atoms with van der Waals surface area (Å²) in [7, 11) is -1.85. The molecular weight excluding hydrogens is 506 g/mol. The van der Waals surface area contributed by atoms with E-state index in [-0.39, 0.29) is 29.5 Å². The van der Waals surface area contributed by atoms with Gasteiger partial charge in [0, 0.05) is 17.0 Å². The van der Waals surface area contributed by atoms with Crippen molar-refractivity contribution in [3.8, 4) is 22.3 Å². The maximum Gasteiger partial charge on any atom is 0.291 e. The van der Waals surface area contributed by atoms with Crippen LogP contribution in [-0.4, -0.2) is 56.9 Å². The molecule has 2 N–H and O–H groups in total. The molecule has 1 saturated carbocycles. The highest BCUT2D eigenvalue weighted by atomic mass is 32.2. The van der Waals surface area contributed by atoms with Gasteiger partial charge in [0.15, 0.2) is 5.01 Å². The van der Waals surface area contributed by atoms with Gasteiger partial charge in [-0.3, -0.25) is 9.10 Å². The predicted octanol–water partition coefficient (Wildman–Crippen LogP) is 1.63. The third-order valence-electron chi connectivity index (χ3n) is 5.59. The largest absolute Gasteiger partial charge is 0.481 e. The van der Waals surface area contributed by atoms with Gasteiger partial charge in [0.1, 0.15) is 11.9 Å². The molecule has 1 fully saturated rings. The number of benzene rings is 1. The van der Waals surface area contributed by atoms with Crippen LogP contribution in [0.3, 0.4) is 0 Å². The van der Waals surface area contributed by atoms with Gasteiger partial charge in [0.05, 0.1) is 30.2 Å². The molecule has 16 heteroatoms. The first-order valence-electron chi connectivity index (χ1n) is 9.99. The number of nitrogens with two attached hydrogens (primary N) is 1. The van der Waals surface area contributed by atoms with E-state index in [0.717, 1.165) is 4.31 Å². The third-order valence-corrected chi connectivity index (χ3v) is 7.44. The minimum absolute atomic E-state index is 0.0489. The van der Waals surface area contributed by atoms with Crippen LogP contribution in [0.2, 0.25) is 0 Å². The standard InChI is InChI=1S/C19H16F2N8O4S2/c1-33-14-6-12(23-8-24-14)10-4-9(29(35(31)32)19(2-3-19)17(22)30)5-13-11(10)7-25-28(13)18-27-26-16(34-18)15(20)21/h4-8,15,35H,2-3H2,1H3,(H2,22,30). The average molecular weight is 523 g/mol. The Kier molecular flexibility index (Phi) is 5.55. The average Bonchev–Trinajstić information content (AvgIpc) is 3.27. The Bertz CT molecular complexity index is 1520. The molecule has 0 aliphatic heterocycles. The molecule has 0 radical (unpaired) electrons. The van der Waals surface area contributed by atoms with Crippen LogP contribution in [0.1, 0.15) is 24.3 Å². The van der Waals surface area contributed by atoms with E-state index in [0.29, 0.717) is 33.5 Å². The van der Waals surface area contributed by atoms with Crippen LogP contribution in [0, 0.1) is 0 Å². The molecule has 182 valence electrons. The molecule has 0 saturated heterocycles. The first-order chi connectivity index (χ1) is 16.7. The first-order valence-corrected chi connectivity index (χ1v) is 11.9. The lowest BCUT2D eigenvalue weighted by Crippen LogP contribution is -2.46. The van der Waals surface area contributed by atoms with Gasteiger partial charge < -0.3 is 10.5 Å². The Hall–Kier alpha value is -3.79. The van der Waals surface area contributed by atoms with E-state index in [1.165, 1.54) is 42.5 Å². The van der Waals surface area contributed by atoms with Gasteiger partial charge in [-0.1, -0.05) is 11.3 Å². The normalized spacial score (nSPS) is 14.5. The molecule has 1 aromatic carbocycles. The molecule has 1 aliphatic carbocycles. The SMILES string of the molecule is COc1cc(-c2cc(N([SH](=O)=O)C3(C(N)=O)CC3)cc3c2cnn3-c2nnc(C(F)F)s2)ncn1. The summed E-state index contributed by atoms with van der Waals surface area (Å²) in [6.45, 7) is 0. The van der Waals surface area contributed by atoms with Crippen LogP contribution in [0.25, 0.3) is 27.3 Å². The van der Waals surface area contributed by atoms with Crippen LogP contribution in [0.4, 0.5) is 14.5 Å². The maximum absolute atomic E-state index is 13.1. The second-order valence-electron chi connectivity index (χ2n) is 7.60. The lowest BCUT2D eigenvalue weighted by molar-refractivity contribution is -0.119. The molecule has 5 rings (SSSR count). The highest BCUT2D eigenvalue weighted by molar-refractivity contribution is 7.74. The monoisotopic (exact) mass is 522 g/mol. The van der Waals surface area contributed by atoms with Gasteiger partial charge in [-0.15, -0.1) is 10.2 Å². The number of alkyl halides is 2. The molecule has 12 nitrogen and oxygen atoms in total. The summed E-state index contributed by atoms with van der Waals surface area (Å²) >= 11 is 0.640. The van der Waals surface area contributed by atoms with Crippen LogP contribution >= 0.6 is 11.3 Å². The fraction of sp³-hybridized carbons (Fsp3) is 0.263. The molecule has 4 aromatic rings. The van der Waals surface area contributed by atoms with Gasteiger partial charge >= 0.3 is 0 Å². The van der Waals surface area contributed by atoms with E-state index < -0.39 is 33.8 Å². The minimum atomic E-state index is -3.28. The maximum atomic E-state index is 13.1. The Morgan fingerprint density at radius 3 is 2.63 bits per heavy atom. The van der Waals surface area contributed by atoms with Crippen LogP contribution in [0.15, 0.2) is 30.7 Å². The molecule has 3 aromatic heterocycles. The lowest BCUT2D eigenvalue weighted by atomic mass is 10.0. The number of hydrogen-bond donors (Lipinski definition) is 2. The van der Waals surface area contributed by atoms with E-state index in [1.807, 2.05) is 0 Å². The third kappa shape index (κ3) is 3.83. The molecule has 0 bridgehead atoms. The van der Waals surface area contributed by atoms with Crippen molar-refractivity contribution in [2.45, 2.75) is 24.8 Å². The summed E-state index contributed by atoms with van der Waals surface area (Å²) in [6, 6.07) is 4.55. The van der Waals surface area contributed by atoms with Crippen molar-refractivity contribution < 1.29 is 26.7 Å². The van der Waals surface area contributed by atoms with Crippen molar-refractivity contribution in [1.29, 1.82) is 0 Å². The first kappa shape index (κ1) is 23.0. The smallest absolute Gasteiger partial charge is 0.291 e. The van der Waals surface area contributed by atoms with Crippen LogP contribution in [-0.2, 0) is 15.7 Å². The van der Waals surface area contributed by atoms with Crippen molar-refractivity contribution in [1.82, 2.24) is 29.9 Å². The quantitative estimate of drug-likeness (QED) is 0.328. The van der Waals surface area contributed by atoms with Gasteiger partial charge in [-0.25, -0.2) is 31.8 Å². The highest BCUT2D eigenvalue weighted by Gasteiger charge is 2.55. The van der Waals surface area contributed by atoms with E-state index in [2.05, 4.69) is 25.3 Å². The summed E-state index contributed by atoms with van der Waals surface area (Å²) in [5.41, 5.74) is 5.42. The van der Waals surface area contributed by atoms with Crippen molar-refractivity contribution in [3.63, 3.8) is 0 Å². The second-order valence-corrected chi connectivity index (χ2v) is 9.46. The zero-order chi connectivity index (χ0) is 24.9. The number of primary amides is 1. The lowest BCUT2D eigenvalue weighted by Gasteiger charge is -2.26. The van der Waals surface area contributed by atoms with E-state index in [4.69, 9.17) is 10.5 Å². The fourth-order valence-corrected chi connectivity index (χ4v) is 5.36. The number of carbonyl (C=O) groups is 1. The van der Waals surface area contributed by atoms with Crippen LogP contribution < -0.4 is 14.8 Å². The van der Waals surface area contributed by atoms with Crippen molar-refractivity contribution in [2.24, 2.45) is 5.73 Å². The minimum Gasteiger partial charge on any atom is -0.481 e. The topological polar surface area (TPSA) is 159 Å². The number of nitrogens with zero attached hydrogens (tertiary/aromatic N) is 7. The number of ether oxygens (including phenoxy) is 1. The number of halogens is 2. The Labute approximate surface area is 201 Å². The number of rotatable bonds is 8. The zero-order valence-electron chi connectivity index (χ0n) is 17.8. The number of amides is 1. The summed E-state index contributed by atoms with van der Waals surface area (Å²) in [4.78, 5) is 20.4. The van der Waals surface area contributed by atoms with Crippen molar-refractivity contribution >= 4 is 44.7 Å². The summed E-state index contributed by atoms with van der Waals surface area (Å²) in [5.74, 6) is -0.518. The number of thiol groups is 1. The Balaban J connectivity index is 1.78. The van der Waals surface area contributed by atoms with Gasteiger partial charge in [-0.05, 0) is 25.0 Å². The van der Waals surface area contributed by atoms with E-state index in [1.54, 1.807) is 0 Å². The fourth-order valence-electron chi connectivity index (χ4n) is 3.78. The molecule has 1 amide bonds. The number of carbonyl (C=O) groups excluding carboxylic acids is 1. The van der Waals surface area contributed by atoms with Crippen molar-refractivity contribution in [3.05, 3.63) is 35.7 Å². The summed E-state index contributed by atoms with van der Waals surface area (Å²) in [6.07, 6.45) is 0.443. The summed E-state index contributed by atoms with van der Waals surface area (Å²) < 4.78 is 58.3. The predicted molar refractivity (Wildman–Crippen MR) is 121 cm³/mol.